The molecule has 1 rings (SSSR count). The quantitative estimate of drug-likeness (QED) is 0.761. The molecule has 0 radical (unpaired) electrons. The van der Waals surface area contributed by atoms with Crippen LogP contribution in [0.1, 0.15) is 36.9 Å². The van der Waals surface area contributed by atoms with Crippen LogP contribution in [0.25, 0.3) is 0 Å². The number of hydrogen-bond donors (Lipinski definition) is 0. The van der Waals surface area contributed by atoms with Crippen molar-refractivity contribution in [3.05, 3.63) is 11.1 Å². The Balaban J connectivity index is 2.90. The summed E-state index contributed by atoms with van der Waals surface area (Å²) in [5.74, 6) is -0.327. The molecule has 0 aliphatic heterocycles. The minimum Gasteiger partial charge on any atom is -0.465 e. The molecule has 0 unspecified atom stereocenters. The van der Waals surface area contributed by atoms with Crippen molar-refractivity contribution in [2.45, 2.75) is 32.7 Å². The molecule has 1 heterocycles. The van der Waals surface area contributed by atoms with Gasteiger partial charge in [0.15, 0.2) is 5.13 Å². The van der Waals surface area contributed by atoms with Gasteiger partial charge in [0.2, 0.25) is 0 Å². The van der Waals surface area contributed by atoms with Crippen molar-refractivity contribution in [1.82, 2.24) is 4.98 Å². The number of hydrogen-bond acceptors (Lipinski definition) is 5. The van der Waals surface area contributed by atoms with Gasteiger partial charge in [-0.3, -0.25) is 0 Å². The van der Waals surface area contributed by atoms with E-state index in [9.17, 15) is 4.79 Å². The van der Waals surface area contributed by atoms with Gasteiger partial charge in [-0.2, -0.15) is 0 Å². The zero-order chi connectivity index (χ0) is 12.3. The van der Waals surface area contributed by atoms with E-state index in [1.165, 1.54) is 18.4 Å². The van der Waals surface area contributed by atoms with E-state index in [1.54, 1.807) is 6.20 Å². The summed E-state index contributed by atoms with van der Waals surface area (Å²) in [6.45, 7) is 6.42. The molecule has 0 amide bonds. The fourth-order valence-electron chi connectivity index (χ4n) is 1.11. The normalized spacial score (nSPS) is 11.3. The van der Waals surface area contributed by atoms with Gasteiger partial charge >= 0.3 is 5.97 Å². The van der Waals surface area contributed by atoms with Crippen LogP contribution in [0, 0.1) is 0 Å². The summed E-state index contributed by atoms with van der Waals surface area (Å²) in [5, 5.41) is 0.840. The minimum absolute atomic E-state index is 0.0330. The van der Waals surface area contributed by atoms with Crippen LogP contribution in [-0.4, -0.2) is 30.6 Å². The molecule has 0 aliphatic rings. The standard InChI is InChI=1S/C11H18N2O2S/c1-6-11(2,3)13(4)10-12-7-8(16-10)9(14)15-5/h7H,6H2,1-5H3. The molecule has 1 aromatic rings. The molecule has 1 aromatic heterocycles. The molecule has 0 bridgehead atoms. The fourth-order valence-corrected chi connectivity index (χ4v) is 2.07. The number of rotatable bonds is 4. The molecule has 90 valence electrons. The zero-order valence-electron chi connectivity index (χ0n) is 10.4. The van der Waals surface area contributed by atoms with Crippen LogP contribution in [0.15, 0.2) is 6.20 Å². The third kappa shape index (κ3) is 2.52. The monoisotopic (exact) mass is 242 g/mol. The summed E-state index contributed by atoms with van der Waals surface area (Å²) < 4.78 is 4.65. The number of carbonyl (C=O) groups excluding carboxylic acids is 1. The molecule has 5 heteroatoms. The Kier molecular flexibility index (Phi) is 3.91. The molecule has 0 saturated carbocycles. The highest BCUT2D eigenvalue weighted by Crippen LogP contribution is 2.28. The van der Waals surface area contributed by atoms with E-state index in [-0.39, 0.29) is 11.5 Å². The van der Waals surface area contributed by atoms with Crippen LogP contribution in [-0.2, 0) is 4.74 Å². The maximum absolute atomic E-state index is 11.3. The number of anilines is 1. The van der Waals surface area contributed by atoms with Gasteiger partial charge in [0, 0.05) is 12.6 Å². The number of aromatic nitrogens is 1. The van der Waals surface area contributed by atoms with Crippen LogP contribution < -0.4 is 4.90 Å². The summed E-state index contributed by atoms with van der Waals surface area (Å²) in [4.78, 5) is 18.2. The van der Waals surface area contributed by atoms with Crippen LogP contribution in [0.2, 0.25) is 0 Å². The first-order valence-electron chi connectivity index (χ1n) is 5.20. The Hall–Kier alpha value is -1.10. The van der Waals surface area contributed by atoms with Gasteiger partial charge in [-0.05, 0) is 20.3 Å². The van der Waals surface area contributed by atoms with Gasteiger partial charge in [-0.1, -0.05) is 18.3 Å². The van der Waals surface area contributed by atoms with Crippen molar-refractivity contribution in [2.24, 2.45) is 0 Å². The lowest BCUT2D eigenvalue weighted by atomic mass is 10.0. The Labute approximate surface area is 100 Å². The first-order chi connectivity index (χ1) is 7.42. The summed E-state index contributed by atoms with van der Waals surface area (Å²) >= 11 is 1.36. The number of thiazole rings is 1. The largest absolute Gasteiger partial charge is 0.465 e. The van der Waals surface area contributed by atoms with Crippen LogP contribution >= 0.6 is 11.3 Å². The first-order valence-corrected chi connectivity index (χ1v) is 6.02. The maximum Gasteiger partial charge on any atom is 0.349 e. The topological polar surface area (TPSA) is 42.4 Å². The summed E-state index contributed by atoms with van der Waals surface area (Å²) in [5.41, 5.74) is 0.0330. The highest BCUT2D eigenvalue weighted by atomic mass is 32.1. The smallest absolute Gasteiger partial charge is 0.349 e. The van der Waals surface area contributed by atoms with Crippen LogP contribution in [0.5, 0.6) is 0 Å². The predicted octanol–water partition coefficient (Wildman–Crippen LogP) is 2.55. The highest BCUT2D eigenvalue weighted by Gasteiger charge is 2.24. The molecule has 4 nitrogen and oxygen atoms in total. The van der Waals surface area contributed by atoms with Crippen molar-refractivity contribution in [2.75, 3.05) is 19.1 Å². The number of esters is 1. The Bertz CT molecular complexity index is 374. The van der Waals surface area contributed by atoms with E-state index in [1.807, 2.05) is 7.05 Å². The SMILES string of the molecule is CCC(C)(C)N(C)c1ncc(C(=O)OC)s1. The second-order valence-corrected chi connectivity index (χ2v) is 5.23. The number of ether oxygens (including phenoxy) is 1. The average Bonchev–Trinajstić information content (AvgIpc) is 2.76. The molecular weight excluding hydrogens is 224 g/mol. The van der Waals surface area contributed by atoms with E-state index >= 15 is 0 Å². The fraction of sp³-hybridized carbons (Fsp3) is 0.636. The van der Waals surface area contributed by atoms with Gasteiger partial charge < -0.3 is 9.64 Å². The van der Waals surface area contributed by atoms with Crippen molar-refractivity contribution in [1.29, 1.82) is 0 Å². The number of carbonyl (C=O) groups is 1. The molecule has 0 atom stereocenters. The van der Waals surface area contributed by atoms with Gasteiger partial charge in [0.1, 0.15) is 4.88 Å². The van der Waals surface area contributed by atoms with Crippen molar-refractivity contribution in [3.8, 4) is 0 Å². The first kappa shape index (κ1) is 13.0. The molecule has 0 fully saturated rings. The Morgan fingerprint density at radius 2 is 2.25 bits per heavy atom. The lowest BCUT2D eigenvalue weighted by molar-refractivity contribution is 0.0606. The summed E-state index contributed by atoms with van der Waals surface area (Å²) in [6, 6.07) is 0. The molecule has 0 saturated heterocycles. The summed E-state index contributed by atoms with van der Waals surface area (Å²) in [7, 11) is 3.37. The van der Waals surface area contributed by atoms with E-state index < -0.39 is 0 Å². The lowest BCUT2D eigenvalue weighted by Gasteiger charge is -2.34. The highest BCUT2D eigenvalue weighted by molar-refractivity contribution is 7.17. The predicted molar refractivity (Wildman–Crippen MR) is 66.2 cm³/mol. The Morgan fingerprint density at radius 1 is 1.62 bits per heavy atom. The number of methoxy groups -OCH3 is 1. The molecule has 0 aliphatic carbocycles. The second-order valence-electron chi connectivity index (χ2n) is 4.22. The van der Waals surface area contributed by atoms with Crippen molar-refractivity contribution >= 4 is 22.4 Å². The van der Waals surface area contributed by atoms with Crippen LogP contribution in [0.4, 0.5) is 5.13 Å². The van der Waals surface area contributed by atoms with Gasteiger partial charge in [0.25, 0.3) is 0 Å². The minimum atomic E-state index is -0.327. The van der Waals surface area contributed by atoms with Crippen molar-refractivity contribution < 1.29 is 9.53 Å². The van der Waals surface area contributed by atoms with Gasteiger partial charge in [-0.15, -0.1) is 0 Å². The second kappa shape index (κ2) is 4.82. The van der Waals surface area contributed by atoms with Gasteiger partial charge in [0.05, 0.1) is 13.3 Å². The van der Waals surface area contributed by atoms with E-state index in [0.29, 0.717) is 4.88 Å². The third-order valence-corrected chi connectivity index (χ3v) is 3.99. The molecule has 16 heavy (non-hydrogen) atoms. The van der Waals surface area contributed by atoms with E-state index in [4.69, 9.17) is 0 Å². The van der Waals surface area contributed by atoms with Gasteiger partial charge in [-0.25, -0.2) is 9.78 Å². The molecule has 0 spiro atoms. The average molecular weight is 242 g/mol. The molecule has 0 aromatic carbocycles. The van der Waals surface area contributed by atoms with E-state index in [0.717, 1.165) is 11.6 Å². The van der Waals surface area contributed by atoms with Crippen LogP contribution in [0.3, 0.4) is 0 Å². The van der Waals surface area contributed by atoms with Crippen molar-refractivity contribution in [3.63, 3.8) is 0 Å². The third-order valence-electron chi connectivity index (χ3n) is 2.94. The van der Waals surface area contributed by atoms with E-state index in [2.05, 4.69) is 35.4 Å². The zero-order valence-corrected chi connectivity index (χ0v) is 11.2. The summed E-state index contributed by atoms with van der Waals surface area (Å²) in [6.07, 6.45) is 2.57. The molecular formula is C11H18N2O2S. The number of nitrogens with zero attached hydrogens (tertiary/aromatic N) is 2. The Morgan fingerprint density at radius 3 is 2.75 bits per heavy atom. The maximum atomic E-state index is 11.3. The molecule has 0 N–H and O–H groups in total. The lowest BCUT2D eigenvalue weighted by Crippen LogP contribution is -2.40.